The molecule has 12 heavy (non-hydrogen) atoms. The van der Waals surface area contributed by atoms with E-state index in [9.17, 15) is 4.79 Å². The van der Waals surface area contributed by atoms with Crippen LogP contribution in [0, 0.1) is 0 Å². The highest BCUT2D eigenvalue weighted by atomic mass is 32.2. The molecular weight excluding hydrogens is 172 g/mol. The Labute approximate surface area is 77.9 Å². The van der Waals surface area contributed by atoms with E-state index in [2.05, 4.69) is 5.32 Å². The second-order valence-corrected chi connectivity index (χ2v) is 4.52. The molecule has 1 amide bonds. The zero-order valence-electron chi connectivity index (χ0n) is 7.67. The smallest absolute Gasteiger partial charge is 0.234 e. The van der Waals surface area contributed by atoms with Crippen molar-refractivity contribution in [3.8, 4) is 0 Å². The van der Waals surface area contributed by atoms with E-state index in [4.69, 9.17) is 0 Å². The van der Waals surface area contributed by atoms with Crippen molar-refractivity contribution in [3.05, 3.63) is 0 Å². The maximum absolute atomic E-state index is 11.2. The van der Waals surface area contributed by atoms with Crippen LogP contribution in [0.1, 0.15) is 6.42 Å². The monoisotopic (exact) mass is 188 g/mol. The van der Waals surface area contributed by atoms with Gasteiger partial charge in [-0.2, -0.15) is 11.8 Å². The first-order valence-corrected chi connectivity index (χ1v) is 5.36. The number of likely N-dealkylation sites (N-methyl/N-ethyl adjacent to an activating group) is 1. The van der Waals surface area contributed by atoms with Gasteiger partial charge in [0.2, 0.25) is 5.91 Å². The maximum Gasteiger partial charge on any atom is 0.234 e. The van der Waals surface area contributed by atoms with Gasteiger partial charge < -0.3 is 10.2 Å². The van der Waals surface area contributed by atoms with E-state index in [0.29, 0.717) is 12.6 Å². The number of nitrogens with one attached hydrogen (secondary N) is 1. The third-order valence-corrected chi connectivity index (χ3v) is 2.92. The molecule has 0 aromatic carbocycles. The normalized spacial score (nSPS) is 23.1. The lowest BCUT2D eigenvalue weighted by atomic mass is 10.2. The predicted octanol–water partition coefficient (Wildman–Crippen LogP) is 0.170. The van der Waals surface area contributed by atoms with E-state index in [0.717, 1.165) is 12.2 Å². The van der Waals surface area contributed by atoms with Crippen LogP contribution >= 0.6 is 11.8 Å². The lowest BCUT2D eigenvalue weighted by Gasteiger charge is -2.13. The molecule has 3 nitrogen and oxygen atoms in total. The highest BCUT2D eigenvalue weighted by molar-refractivity contribution is 7.99. The van der Waals surface area contributed by atoms with Crippen LogP contribution in [0.2, 0.25) is 0 Å². The van der Waals surface area contributed by atoms with Crippen LogP contribution in [0.4, 0.5) is 0 Å². The standard InChI is InChI=1S/C8H16N2OS/c1-10(2)5-8(11)9-7-3-4-12-6-7/h7H,3-6H2,1-2H3,(H,9,11). The Hall–Kier alpha value is -0.220. The molecule has 0 bridgehead atoms. The fourth-order valence-electron chi connectivity index (χ4n) is 1.21. The summed E-state index contributed by atoms with van der Waals surface area (Å²) in [5.41, 5.74) is 0. The van der Waals surface area contributed by atoms with E-state index in [1.807, 2.05) is 30.8 Å². The van der Waals surface area contributed by atoms with Crippen LogP contribution in [0.15, 0.2) is 0 Å². The highest BCUT2D eigenvalue weighted by Gasteiger charge is 2.17. The molecule has 70 valence electrons. The van der Waals surface area contributed by atoms with Gasteiger partial charge in [0.25, 0.3) is 0 Å². The molecule has 0 radical (unpaired) electrons. The molecule has 1 aliphatic rings. The molecule has 1 aliphatic heterocycles. The summed E-state index contributed by atoms with van der Waals surface area (Å²) in [6.45, 7) is 0.501. The number of thioether (sulfide) groups is 1. The van der Waals surface area contributed by atoms with Gasteiger partial charge in [0.05, 0.1) is 6.54 Å². The number of nitrogens with zero attached hydrogens (tertiary/aromatic N) is 1. The zero-order valence-corrected chi connectivity index (χ0v) is 8.49. The van der Waals surface area contributed by atoms with Gasteiger partial charge in [0.1, 0.15) is 0 Å². The minimum atomic E-state index is 0.146. The molecule has 1 atom stereocenters. The number of rotatable bonds is 3. The van der Waals surface area contributed by atoms with Crippen molar-refractivity contribution in [1.29, 1.82) is 0 Å². The molecule has 1 fully saturated rings. The molecule has 4 heteroatoms. The van der Waals surface area contributed by atoms with Crippen LogP contribution in [-0.2, 0) is 4.79 Å². The van der Waals surface area contributed by atoms with Crippen molar-refractivity contribution in [2.75, 3.05) is 32.1 Å². The lowest BCUT2D eigenvalue weighted by molar-refractivity contribution is -0.122. The van der Waals surface area contributed by atoms with Crippen molar-refractivity contribution in [3.63, 3.8) is 0 Å². The van der Waals surface area contributed by atoms with Crippen LogP contribution < -0.4 is 5.32 Å². The largest absolute Gasteiger partial charge is 0.351 e. The maximum atomic E-state index is 11.2. The van der Waals surface area contributed by atoms with Gasteiger partial charge in [-0.25, -0.2) is 0 Å². The third kappa shape index (κ3) is 3.45. The number of hydrogen-bond acceptors (Lipinski definition) is 3. The quantitative estimate of drug-likeness (QED) is 0.685. The van der Waals surface area contributed by atoms with Gasteiger partial charge in [-0.15, -0.1) is 0 Å². The van der Waals surface area contributed by atoms with Gasteiger partial charge in [-0.1, -0.05) is 0 Å². The molecule has 0 spiro atoms. The SMILES string of the molecule is CN(C)CC(=O)NC1CCSC1. The van der Waals surface area contributed by atoms with Crippen molar-refractivity contribution in [2.45, 2.75) is 12.5 Å². The van der Waals surface area contributed by atoms with Crippen LogP contribution in [-0.4, -0.2) is 49.0 Å². The lowest BCUT2D eigenvalue weighted by Crippen LogP contribution is -2.40. The zero-order chi connectivity index (χ0) is 8.97. The average molecular weight is 188 g/mol. The summed E-state index contributed by atoms with van der Waals surface area (Å²) >= 11 is 1.91. The molecule has 1 rings (SSSR count). The Morgan fingerprint density at radius 1 is 1.67 bits per heavy atom. The molecule has 1 heterocycles. The van der Waals surface area contributed by atoms with E-state index in [1.54, 1.807) is 0 Å². The summed E-state index contributed by atoms with van der Waals surface area (Å²) in [5.74, 6) is 2.42. The minimum absolute atomic E-state index is 0.146. The van der Waals surface area contributed by atoms with Crippen molar-refractivity contribution in [2.24, 2.45) is 0 Å². The summed E-state index contributed by atoms with van der Waals surface area (Å²) in [4.78, 5) is 13.1. The summed E-state index contributed by atoms with van der Waals surface area (Å²) in [6, 6.07) is 0.419. The van der Waals surface area contributed by atoms with Crippen LogP contribution in [0.25, 0.3) is 0 Å². The topological polar surface area (TPSA) is 32.3 Å². The van der Waals surface area contributed by atoms with E-state index in [-0.39, 0.29) is 5.91 Å². The molecule has 0 saturated carbocycles. The number of carbonyl (C=O) groups excluding carboxylic acids is 1. The fourth-order valence-corrected chi connectivity index (χ4v) is 2.36. The predicted molar refractivity (Wildman–Crippen MR) is 52.4 cm³/mol. The van der Waals surface area contributed by atoms with Gasteiger partial charge in [0, 0.05) is 11.8 Å². The van der Waals surface area contributed by atoms with Crippen molar-refractivity contribution >= 4 is 17.7 Å². The number of carbonyl (C=O) groups is 1. The molecule has 0 aliphatic carbocycles. The number of hydrogen-bond donors (Lipinski definition) is 1. The summed E-state index contributed by atoms with van der Waals surface area (Å²) in [5, 5.41) is 3.01. The Balaban J connectivity index is 2.16. The first-order valence-electron chi connectivity index (χ1n) is 4.20. The average Bonchev–Trinajstić information content (AvgIpc) is 2.37. The summed E-state index contributed by atoms with van der Waals surface area (Å²) < 4.78 is 0. The van der Waals surface area contributed by atoms with Gasteiger partial charge >= 0.3 is 0 Å². The van der Waals surface area contributed by atoms with Crippen molar-refractivity contribution in [1.82, 2.24) is 10.2 Å². The van der Waals surface area contributed by atoms with E-state index in [1.165, 1.54) is 5.75 Å². The van der Waals surface area contributed by atoms with Crippen molar-refractivity contribution < 1.29 is 4.79 Å². The fraction of sp³-hybridized carbons (Fsp3) is 0.875. The molecular formula is C8H16N2OS. The van der Waals surface area contributed by atoms with Crippen LogP contribution in [0.5, 0.6) is 0 Å². The first kappa shape index (κ1) is 9.86. The van der Waals surface area contributed by atoms with Gasteiger partial charge in [-0.05, 0) is 26.3 Å². The minimum Gasteiger partial charge on any atom is -0.351 e. The second kappa shape index (κ2) is 4.72. The molecule has 1 unspecified atom stereocenters. The molecule has 1 saturated heterocycles. The van der Waals surface area contributed by atoms with Gasteiger partial charge in [0.15, 0.2) is 0 Å². The van der Waals surface area contributed by atoms with E-state index < -0.39 is 0 Å². The Morgan fingerprint density at radius 2 is 2.42 bits per heavy atom. The Morgan fingerprint density at radius 3 is 2.92 bits per heavy atom. The Bertz CT molecular complexity index is 155. The molecule has 0 aromatic heterocycles. The second-order valence-electron chi connectivity index (χ2n) is 3.37. The summed E-state index contributed by atoms with van der Waals surface area (Å²) in [7, 11) is 3.81. The van der Waals surface area contributed by atoms with Crippen LogP contribution in [0.3, 0.4) is 0 Å². The molecule has 0 aromatic rings. The Kier molecular flexibility index (Phi) is 3.88. The number of amides is 1. The van der Waals surface area contributed by atoms with E-state index >= 15 is 0 Å². The summed E-state index contributed by atoms with van der Waals surface area (Å²) in [6.07, 6.45) is 1.13. The third-order valence-electron chi connectivity index (χ3n) is 1.75. The highest BCUT2D eigenvalue weighted by Crippen LogP contribution is 2.16. The van der Waals surface area contributed by atoms with Gasteiger partial charge in [-0.3, -0.25) is 4.79 Å². The molecule has 1 N–H and O–H groups in total. The first-order chi connectivity index (χ1) is 5.68.